The van der Waals surface area contributed by atoms with Crippen molar-refractivity contribution < 1.29 is 14.5 Å². The van der Waals surface area contributed by atoms with Crippen LogP contribution in [0.2, 0.25) is 0 Å². The minimum atomic E-state index is -0.377. The van der Waals surface area contributed by atoms with Crippen molar-refractivity contribution in [1.29, 1.82) is 0 Å². The smallest absolute Gasteiger partial charge is 0.269 e. The number of carbonyl (C=O) groups is 1. The monoisotopic (exact) mass is 424 g/mol. The Kier molecular flexibility index (Phi) is 6.48. The molecule has 0 bridgehead atoms. The van der Waals surface area contributed by atoms with E-state index in [1.807, 2.05) is 24.3 Å². The number of hydrogen-bond acceptors (Lipinski definition) is 6. The molecule has 2 aromatic rings. The number of benzene rings is 2. The molecule has 1 N–H and O–H groups in total. The highest BCUT2D eigenvalue weighted by Gasteiger charge is 2.41. The topological polar surface area (TPSA) is 87.9 Å². The number of piperazine rings is 1. The van der Waals surface area contributed by atoms with Crippen LogP contribution in [0.5, 0.6) is 0 Å². The Hall–Kier alpha value is -2.97. The lowest BCUT2D eigenvalue weighted by Crippen LogP contribution is -2.61. The van der Waals surface area contributed by atoms with E-state index in [-0.39, 0.29) is 28.5 Å². The third kappa shape index (κ3) is 4.70. The maximum Gasteiger partial charge on any atom is 0.269 e. The number of nitrogens with zero attached hydrogens (tertiary/aromatic N) is 3. The summed E-state index contributed by atoms with van der Waals surface area (Å²) in [6.07, 6.45) is 0.496. The maximum absolute atomic E-state index is 13.1. The molecule has 0 aliphatic carbocycles. The van der Waals surface area contributed by atoms with Crippen LogP contribution in [0.3, 0.4) is 0 Å². The highest BCUT2D eigenvalue weighted by atomic mass is 16.6. The summed E-state index contributed by atoms with van der Waals surface area (Å²) >= 11 is 0. The number of nitrogens with one attached hydrogen (secondary N) is 1. The van der Waals surface area contributed by atoms with Crippen LogP contribution in [0.1, 0.15) is 11.1 Å². The summed E-state index contributed by atoms with van der Waals surface area (Å²) in [5.74, 6) is -0.296. The van der Waals surface area contributed by atoms with Gasteiger partial charge in [0.25, 0.3) is 5.69 Å². The Bertz CT molecular complexity index is 936. The molecule has 0 saturated carbocycles. The fraction of sp³-hybridized carbons (Fsp3) is 0.435. The third-order valence-corrected chi connectivity index (χ3v) is 6.18. The van der Waals surface area contributed by atoms with Crippen LogP contribution in [0.25, 0.3) is 0 Å². The van der Waals surface area contributed by atoms with Gasteiger partial charge in [0.15, 0.2) is 0 Å². The second kappa shape index (κ2) is 9.45. The minimum absolute atomic E-state index is 0.0222. The normalized spacial score (nSPS) is 20.6. The van der Waals surface area contributed by atoms with Crippen molar-refractivity contribution in [3.63, 3.8) is 0 Å². The fourth-order valence-electron chi connectivity index (χ4n) is 4.68. The number of hydrogen-bond donors (Lipinski definition) is 1. The number of carbonyl (C=O) groups excluding carboxylic acids is 1. The van der Waals surface area contributed by atoms with Crippen LogP contribution < -0.4 is 10.2 Å². The van der Waals surface area contributed by atoms with Crippen molar-refractivity contribution in [3.05, 3.63) is 69.8 Å². The number of ether oxygens (including phenoxy) is 1. The standard InChI is InChI=1S/C23H28N4O4/c1-31-12-9-24-23(28)20-14-18-13-19(27(29)30)7-8-21(18)26-11-10-25(16-22(20)26)15-17-5-3-2-4-6-17/h2-8,13,20,22H,9-12,14-16H2,1H3,(H,24,28)/t20-,22-/m1/s1. The number of non-ortho nitro benzene ring substituents is 1. The molecule has 2 heterocycles. The van der Waals surface area contributed by atoms with Crippen molar-refractivity contribution in [2.24, 2.45) is 5.92 Å². The SMILES string of the molecule is COCCNC(=O)[C@@H]1Cc2cc([N+](=O)[O-])ccc2N2CCN(Cc3ccccc3)C[C@H]12. The Morgan fingerprint density at radius 3 is 2.77 bits per heavy atom. The molecule has 0 radical (unpaired) electrons. The van der Waals surface area contributed by atoms with Gasteiger partial charge in [-0.1, -0.05) is 30.3 Å². The summed E-state index contributed by atoms with van der Waals surface area (Å²) in [4.78, 5) is 28.6. The quantitative estimate of drug-likeness (QED) is 0.417. The molecule has 2 aromatic carbocycles. The van der Waals surface area contributed by atoms with E-state index in [0.29, 0.717) is 19.6 Å². The van der Waals surface area contributed by atoms with E-state index in [4.69, 9.17) is 4.74 Å². The summed E-state index contributed by atoms with van der Waals surface area (Å²) in [5, 5.41) is 14.2. The second-order valence-electron chi connectivity index (χ2n) is 8.15. The molecule has 164 valence electrons. The first kappa shape index (κ1) is 21.3. The van der Waals surface area contributed by atoms with Gasteiger partial charge in [0.1, 0.15) is 0 Å². The van der Waals surface area contributed by atoms with E-state index in [2.05, 4.69) is 27.2 Å². The number of rotatable bonds is 7. The number of nitro groups is 1. The highest BCUT2D eigenvalue weighted by Crippen LogP contribution is 2.38. The summed E-state index contributed by atoms with van der Waals surface area (Å²) in [7, 11) is 1.60. The van der Waals surface area contributed by atoms with Gasteiger partial charge in [-0.15, -0.1) is 0 Å². The van der Waals surface area contributed by atoms with E-state index < -0.39 is 0 Å². The number of nitro benzene ring substituents is 1. The summed E-state index contributed by atoms with van der Waals surface area (Å²) in [6.45, 7) is 4.18. The Labute approximate surface area is 181 Å². The molecular weight excluding hydrogens is 396 g/mol. The zero-order valence-corrected chi connectivity index (χ0v) is 17.7. The van der Waals surface area contributed by atoms with Crippen LogP contribution in [0, 0.1) is 16.0 Å². The highest BCUT2D eigenvalue weighted by molar-refractivity contribution is 5.82. The predicted molar refractivity (Wildman–Crippen MR) is 118 cm³/mol. The summed E-state index contributed by atoms with van der Waals surface area (Å²) in [5.41, 5.74) is 3.20. The molecule has 1 saturated heterocycles. The predicted octanol–water partition coefficient (Wildman–Crippen LogP) is 2.22. The molecule has 31 heavy (non-hydrogen) atoms. The lowest BCUT2D eigenvalue weighted by atomic mass is 9.83. The zero-order chi connectivity index (χ0) is 21.8. The number of methoxy groups -OCH3 is 1. The van der Waals surface area contributed by atoms with Crippen LogP contribution in [0.4, 0.5) is 11.4 Å². The molecule has 2 atom stereocenters. The average Bonchev–Trinajstić information content (AvgIpc) is 2.78. The zero-order valence-electron chi connectivity index (χ0n) is 17.7. The first-order chi connectivity index (χ1) is 15.1. The Morgan fingerprint density at radius 2 is 2.03 bits per heavy atom. The molecule has 2 aliphatic rings. The van der Waals surface area contributed by atoms with Crippen LogP contribution in [-0.2, 0) is 22.5 Å². The molecule has 0 aromatic heterocycles. The van der Waals surface area contributed by atoms with Gasteiger partial charge in [-0.2, -0.15) is 0 Å². The minimum Gasteiger partial charge on any atom is -0.383 e. The molecule has 8 heteroatoms. The van der Waals surface area contributed by atoms with E-state index in [0.717, 1.165) is 37.4 Å². The number of anilines is 1. The molecule has 8 nitrogen and oxygen atoms in total. The van der Waals surface area contributed by atoms with Gasteiger partial charge >= 0.3 is 0 Å². The average molecular weight is 425 g/mol. The van der Waals surface area contributed by atoms with E-state index in [1.165, 1.54) is 5.56 Å². The fourth-order valence-corrected chi connectivity index (χ4v) is 4.68. The molecule has 0 spiro atoms. The third-order valence-electron chi connectivity index (χ3n) is 6.18. The Morgan fingerprint density at radius 1 is 1.23 bits per heavy atom. The van der Waals surface area contributed by atoms with Crippen molar-refractivity contribution in [1.82, 2.24) is 10.2 Å². The lowest BCUT2D eigenvalue weighted by molar-refractivity contribution is -0.384. The van der Waals surface area contributed by atoms with Gasteiger partial charge in [0.05, 0.1) is 23.5 Å². The first-order valence-electron chi connectivity index (χ1n) is 10.6. The molecule has 0 unspecified atom stereocenters. The molecular formula is C23H28N4O4. The van der Waals surface area contributed by atoms with Crippen LogP contribution in [0.15, 0.2) is 48.5 Å². The van der Waals surface area contributed by atoms with Crippen LogP contribution >= 0.6 is 0 Å². The van der Waals surface area contributed by atoms with E-state index in [9.17, 15) is 14.9 Å². The van der Waals surface area contributed by atoms with Gasteiger partial charge in [-0.25, -0.2) is 0 Å². The van der Waals surface area contributed by atoms with Gasteiger partial charge in [0.2, 0.25) is 5.91 Å². The van der Waals surface area contributed by atoms with Gasteiger partial charge in [0, 0.05) is 57.7 Å². The van der Waals surface area contributed by atoms with Gasteiger partial charge in [-0.05, 0) is 23.6 Å². The van der Waals surface area contributed by atoms with Gasteiger partial charge < -0.3 is 15.0 Å². The van der Waals surface area contributed by atoms with Crippen molar-refractivity contribution in [3.8, 4) is 0 Å². The molecule has 1 amide bonds. The maximum atomic E-state index is 13.1. The second-order valence-corrected chi connectivity index (χ2v) is 8.15. The van der Waals surface area contributed by atoms with Crippen molar-refractivity contribution in [2.75, 3.05) is 44.8 Å². The van der Waals surface area contributed by atoms with Crippen molar-refractivity contribution in [2.45, 2.75) is 19.0 Å². The van der Waals surface area contributed by atoms with Gasteiger partial charge in [-0.3, -0.25) is 19.8 Å². The van der Waals surface area contributed by atoms with E-state index in [1.54, 1.807) is 19.2 Å². The lowest BCUT2D eigenvalue weighted by Gasteiger charge is -2.49. The summed E-state index contributed by atoms with van der Waals surface area (Å²) in [6, 6.07) is 15.4. The molecule has 4 rings (SSSR count). The molecule has 2 aliphatic heterocycles. The molecule has 1 fully saturated rings. The van der Waals surface area contributed by atoms with Crippen molar-refractivity contribution >= 4 is 17.3 Å². The Balaban J connectivity index is 1.58. The largest absolute Gasteiger partial charge is 0.383 e. The number of amides is 1. The summed E-state index contributed by atoms with van der Waals surface area (Å²) < 4.78 is 5.06. The first-order valence-corrected chi connectivity index (χ1v) is 10.6. The van der Waals surface area contributed by atoms with Crippen LogP contribution in [-0.4, -0.2) is 61.7 Å². The van der Waals surface area contributed by atoms with E-state index >= 15 is 0 Å². The number of fused-ring (bicyclic) bond motifs is 3.